The van der Waals surface area contributed by atoms with Crippen LogP contribution in [0.2, 0.25) is 0 Å². The van der Waals surface area contributed by atoms with E-state index in [-0.39, 0.29) is 18.2 Å². The van der Waals surface area contributed by atoms with Crippen molar-refractivity contribution >= 4 is 17.5 Å². The Hall–Kier alpha value is -2.82. The van der Waals surface area contributed by atoms with Gasteiger partial charge in [0.25, 0.3) is 0 Å². The fourth-order valence-corrected chi connectivity index (χ4v) is 2.74. The molecule has 5 nitrogen and oxygen atoms in total. The van der Waals surface area contributed by atoms with Gasteiger partial charge in [-0.15, -0.1) is 0 Å². The number of carbonyl (C=O) groups excluding carboxylic acids is 2. The van der Waals surface area contributed by atoms with Crippen molar-refractivity contribution in [1.29, 1.82) is 0 Å². The van der Waals surface area contributed by atoms with Crippen molar-refractivity contribution in [1.82, 2.24) is 5.32 Å². The zero-order valence-corrected chi connectivity index (χ0v) is 15.6. The number of methoxy groups -OCH3 is 1. The topological polar surface area (TPSA) is 58.6 Å². The van der Waals surface area contributed by atoms with Crippen LogP contribution in [0.4, 0.5) is 5.69 Å². The summed E-state index contributed by atoms with van der Waals surface area (Å²) in [6.45, 7) is 4.41. The molecule has 0 aliphatic rings. The van der Waals surface area contributed by atoms with Gasteiger partial charge in [-0.25, -0.2) is 0 Å². The van der Waals surface area contributed by atoms with Crippen LogP contribution in [0.15, 0.2) is 48.5 Å². The molecule has 0 heterocycles. The molecule has 0 saturated carbocycles. The Morgan fingerprint density at radius 2 is 1.88 bits per heavy atom. The van der Waals surface area contributed by atoms with Gasteiger partial charge < -0.3 is 15.0 Å². The van der Waals surface area contributed by atoms with Gasteiger partial charge >= 0.3 is 0 Å². The average molecular weight is 354 g/mol. The van der Waals surface area contributed by atoms with E-state index in [2.05, 4.69) is 5.32 Å². The predicted molar refractivity (Wildman–Crippen MR) is 104 cm³/mol. The minimum atomic E-state index is -0.0696. The van der Waals surface area contributed by atoms with Crippen LogP contribution in [-0.4, -0.2) is 32.0 Å². The molecule has 0 aliphatic carbocycles. The van der Waals surface area contributed by atoms with Gasteiger partial charge in [0.2, 0.25) is 11.8 Å². The molecule has 0 unspecified atom stereocenters. The standard InChI is InChI=1S/C21H26N2O3/c1-16-6-4-8-19(14-16)23(17(2)24)13-11-21(25)22-12-10-18-7-5-9-20(15-18)26-3/h4-9,14-15H,10-13H2,1-3H3,(H,22,25). The maximum Gasteiger partial charge on any atom is 0.223 e. The van der Waals surface area contributed by atoms with Gasteiger partial charge in [-0.1, -0.05) is 24.3 Å². The summed E-state index contributed by atoms with van der Waals surface area (Å²) < 4.78 is 5.20. The summed E-state index contributed by atoms with van der Waals surface area (Å²) in [7, 11) is 1.63. The molecular formula is C21H26N2O3. The molecule has 0 atom stereocenters. The SMILES string of the molecule is COc1cccc(CCNC(=O)CCN(C(C)=O)c2cccc(C)c2)c1. The van der Waals surface area contributed by atoms with Gasteiger partial charge in [0.05, 0.1) is 7.11 Å². The van der Waals surface area contributed by atoms with E-state index >= 15 is 0 Å². The number of hydrogen-bond acceptors (Lipinski definition) is 3. The van der Waals surface area contributed by atoms with E-state index in [1.54, 1.807) is 12.0 Å². The predicted octanol–water partition coefficient (Wildman–Crippen LogP) is 3.11. The number of benzene rings is 2. The Balaban J connectivity index is 1.82. The number of amides is 2. The van der Waals surface area contributed by atoms with Crippen molar-refractivity contribution in [3.63, 3.8) is 0 Å². The molecule has 26 heavy (non-hydrogen) atoms. The zero-order valence-electron chi connectivity index (χ0n) is 15.6. The number of hydrogen-bond donors (Lipinski definition) is 1. The molecule has 2 rings (SSSR count). The summed E-state index contributed by atoms with van der Waals surface area (Å²) in [6, 6.07) is 15.5. The van der Waals surface area contributed by atoms with E-state index in [1.807, 2.05) is 55.5 Å². The molecule has 0 aromatic heterocycles. The highest BCUT2D eigenvalue weighted by Crippen LogP contribution is 2.16. The van der Waals surface area contributed by atoms with Crippen LogP contribution >= 0.6 is 0 Å². The lowest BCUT2D eigenvalue weighted by atomic mass is 10.1. The van der Waals surface area contributed by atoms with E-state index < -0.39 is 0 Å². The monoisotopic (exact) mass is 354 g/mol. The summed E-state index contributed by atoms with van der Waals surface area (Å²) in [4.78, 5) is 25.7. The number of nitrogens with zero attached hydrogens (tertiary/aromatic N) is 1. The third kappa shape index (κ3) is 5.92. The first-order valence-electron chi connectivity index (χ1n) is 8.74. The van der Waals surface area contributed by atoms with Crippen molar-refractivity contribution < 1.29 is 14.3 Å². The second kappa shape index (κ2) is 9.61. The lowest BCUT2D eigenvalue weighted by Crippen LogP contribution is -2.34. The van der Waals surface area contributed by atoms with Crippen LogP contribution in [0.1, 0.15) is 24.5 Å². The summed E-state index contributed by atoms with van der Waals surface area (Å²) >= 11 is 0. The molecule has 2 aromatic rings. The van der Waals surface area contributed by atoms with Crippen molar-refractivity contribution in [3.8, 4) is 5.75 Å². The second-order valence-electron chi connectivity index (χ2n) is 6.21. The van der Waals surface area contributed by atoms with Crippen LogP contribution in [0, 0.1) is 6.92 Å². The van der Waals surface area contributed by atoms with E-state index in [9.17, 15) is 9.59 Å². The van der Waals surface area contributed by atoms with Gasteiger partial charge in [-0.3, -0.25) is 9.59 Å². The Morgan fingerprint density at radius 1 is 1.12 bits per heavy atom. The maximum absolute atomic E-state index is 12.1. The second-order valence-corrected chi connectivity index (χ2v) is 6.21. The first-order chi connectivity index (χ1) is 12.5. The number of nitrogens with one attached hydrogen (secondary N) is 1. The molecule has 5 heteroatoms. The molecular weight excluding hydrogens is 328 g/mol. The summed E-state index contributed by atoms with van der Waals surface area (Å²) in [5.74, 6) is 0.677. The van der Waals surface area contributed by atoms with Crippen LogP contribution < -0.4 is 15.0 Å². The summed E-state index contributed by atoms with van der Waals surface area (Å²) in [5, 5.41) is 2.91. The first-order valence-corrected chi connectivity index (χ1v) is 8.74. The highest BCUT2D eigenvalue weighted by molar-refractivity contribution is 5.92. The van der Waals surface area contributed by atoms with E-state index in [0.29, 0.717) is 13.1 Å². The molecule has 0 spiro atoms. The Bertz CT molecular complexity index is 758. The van der Waals surface area contributed by atoms with Crippen molar-refractivity contribution in [3.05, 3.63) is 59.7 Å². The maximum atomic E-state index is 12.1. The third-order valence-electron chi connectivity index (χ3n) is 4.13. The fourth-order valence-electron chi connectivity index (χ4n) is 2.74. The highest BCUT2D eigenvalue weighted by Gasteiger charge is 2.13. The van der Waals surface area contributed by atoms with E-state index in [4.69, 9.17) is 4.74 Å². The van der Waals surface area contributed by atoms with Crippen molar-refractivity contribution in [2.24, 2.45) is 0 Å². The number of ether oxygens (including phenoxy) is 1. The molecule has 0 fully saturated rings. The average Bonchev–Trinajstić information content (AvgIpc) is 2.62. The van der Waals surface area contributed by atoms with Gasteiger partial charge in [-0.05, 0) is 48.7 Å². The van der Waals surface area contributed by atoms with Crippen molar-refractivity contribution in [2.45, 2.75) is 26.7 Å². The zero-order chi connectivity index (χ0) is 18.9. The van der Waals surface area contributed by atoms with Crippen LogP contribution in [0.25, 0.3) is 0 Å². The largest absolute Gasteiger partial charge is 0.497 e. The number of rotatable bonds is 8. The molecule has 2 aromatic carbocycles. The molecule has 138 valence electrons. The van der Waals surface area contributed by atoms with Gasteiger partial charge in [0.1, 0.15) is 5.75 Å². The normalized spacial score (nSPS) is 10.3. The van der Waals surface area contributed by atoms with Crippen LogP contribution in [-0.2, 0) is 16.0 Å². The first kappa shape index (κ1) is 19.5. The smallest absolute Gasteiger partial charge is 0.223 e. The van der Waals surface area contributed by atoms with E-state index in [0.717, 1.165) is 29.0 Å². The van der Waals surface area contributed by atoms with Crippen molar-refractivity contribution in [2.75, 3.05) is 25.1 Å². The summed E-state index contributed by atoms with van der Waals surface area (Å²) in [5.41, 5.74) is 3.01. The van der Waals surface area contributed by atoms with E-state index in [1.165, 1.54) is 6.92 Å². The molecule has 0 aliphatic heterocycles. The van der Waals surface area contributed by atoms with Gasteiger partial charge in [0, 0.05) is 32.1 Å². The Kier molecular flexibility index (Phi) is 7.21. The Labute approximate surface area is 155 Å². The molecule has 1 N–H and O–H groups in total. The summed E-state index contributed by atoms with van der Waals surface area (Å²) in [6.07, 6.45) is 1.00. The van der Waals surface area contributed by atoms with Crippen LogP contribution in [0.3, 0.4) is 0 Å². The third-order valence-corrected chi connectivity index (χ3v) is 4.13. The number of aryl methyl sites for hydroxylation is 1. The van der Waals surface area contributed by atoms with Gasteiger partial charge in [0.15, 0.2) is 0 Å². The lowest BCUT2D eigenvalue weighted by Gasteiger charge is -2.21. The minimum Gasteiger partial charge on any atom is -0.497 e. The van der Waals surface area contributed by atoms with Gasteiger partial charge in [-0.2, -0.15) is 0 Å². The molecule has 0 saturated heterocycles. The van der Waals surface area contributed by atoms with Crippen LogP contribution in [0.5, 0.6) is 5.75 Å². The molecule has 0 radical (unpaired) electrons. The highest BCUT2D eigenvalue weighted by atomic mass is 16.5. The number of carbonyl (C=O) groups is 2. The minimum absolute atomic E-state index is 0.0631. The molecule has 0 bridgehead atoms. The fraction of sp³-hybridized carbons (Fsp3) is 0.333. The lowest BCUT2D eigenvalue weighted by molar-refractivity contribution is -0.121. The Morgan fingerprint density at radius 3 is 2.58 bits per heavy atom. The molecule has 2 amide bonds. The number of anilines is 1. The quantitative estimate of drug-likeness (QED) is 0.792.